The van der Waals surface area contributed by atoms with E-state index in [0.717, 1.165) is 24.5 Å². The number of hydrogen-bond donors (Lipinski definition) is 1. The van der Waals surface area contributed by atoms with Gasteiger partial charge in [-0.05, 0) is 62.2 Å². The molecule has 2 aromatic rings. The molecule has 1 atom stereocenters. The zero-order valence-corrected chi connectivity index (χ0v) is 12.5. The molecule has 2 rings (SSSR count). The lowest BCUT2D eigenvalue weighted by Crippen LogP contribution is -2.24. The fourth-order valence-electron chi connectivity index (χ4n) is 2.15. The summed E-state index contributed by atoms with van der Waals surface area (Å²) < 4.78 is 19.5. The summed E-state index contributed by atoms with van der Waals surface area (Å²) in [5.74, 6) is 1.45. The van der Waals surface area contributed by atoms with Gasteiger partial charge in [0.25, 0.3) is 0 Å². The van der Waals surface area contributed by atoms with E-state index >= 15 is 0 Å². The zero-order chi connectivity index (χ0) is 14.5. The molecule has 0 bridgehead atoms. The van der Waals surface area contributed by atoms with Crippen molar-refractivity contribution in [1.82, 2.24) is 5.32 Å². The minimum Gasteiger partial charge on any atom is -0.465 e. The summed E-state index contributed by atoms with van der Waals surface area (Å²) in [5, 5.41) is 3.94. The Morgan fingerprint density at radius 3 is 2.75 bits per heavy atom. The first kappa shape index (κ1) is 15.1. The number of hydrogen-bond acceptors (Lipinski definition) is 2. The largest absolute Gasteiger partial charge is 0.465 e. The van der Waals surface area contributed by atoms with Crippen molar-refractivity contribution in [3.8, 4) is 0 Å². The molecule has 0 fully saturated rings. The van der Waals surface area contributed by atoms with Gasteiger partial charge in [0.05, 0.1) is 6.04 Å². The Balaban J connectivity index is 2.21. The van der Waals surface area contributed by atoms with Crippen LogP contribution in [-0.4, -0.2) is 6.54 Å². The molecule has 1 heterocycles. The van der Waals surface area contributed by atoms with Gasteiger partial charge < -0.3 is 9.73 Å². The van der Waals surface area contributed by atoms with Gasteiger partial charge in [-0.2, -0.15) is 0 Å². The smallest absolute Gasteiger partial charge is 0.126 e. The van der Waals surface area contributed by atoms with Gasteiger partial charge in [0.15, 0.2) is 0 Å². The maximum atomic E-state index is 13.9. The van der Waals surface area contributed by atoms with E-state index in [0.29, 0.717) is 17.0 Å². The molecule has 0 radical (unpaired) electrons. The molecule has 0 aliphatic rings. The van der Waals surface area contributed by atoms with Crippen molar-refractivity contribution in [2.24, 2.45) is 0 Å². The van der Waals surface area contributed by atoms with Crippen molar-refractivity contribution in [2.45, 2.75) is 32.7 Å². The predicted octanol–water partition coefficient (Wildman–Crippen LogP) is 4.66. The Bertz CT molecular complexity index is 567. The maximum Gasteiger partial charge on any atom is 0.126 e. The van der Waals surface area contributed by atoms with E-state index in [4.69, 9.17) is 16.0 Å². The maximum absolute atomic E-state index is 13.9. The van der Waals surface area contributed by atoms with Gasteiger partial charge in [0.2, 0.25) is 0 Å². The number of halogens is 2. The van der Waals surface area contributed by atoms with E-state index in [2.05, 4.69) is 12.2 Å². The van der Waals surface area contributed by atoms with Gasteiger partial charge in [0, 0.05) is 5.02 Å². The van der Waals surface area contributed by atoms with Crippen molar-refractivity contribution in [2.75, 3.05) is 6.54 Å². The second kappa shape index (κ2) is 6.91. The first-order valence-electron chi connectivity index (χ1n) is 6.83. The van der Waals surface area contributed by atoms with Crippen LogP contribution in [-0.2, 0) is 6.42 Å². The van der Waals surface area contributed by atoms with Crippen molar-refractivity contribution in [3.63, 3.8) is 0 Å². The van der Waals surface area contributed by atoms with Gasteiger partial charge in [-0.25, -0.2) is 4.39 Å². The molecule has 4 heteroatoms. The lowest BCUT2D eigenvalue weighted by Gasteiger charge is -2.17. The van der Waals surface area contributed by atoms with Crippen LogP contribution in [0.15, 0.2) is 34.7 Å². The average molecular weight is 296 g/mol. The fraction of sp³-hybridized carbons (Fsp3) is 0.375. The second-order valence-electron chi connectivity index (χ2n) is 4.89. The Hall–Kier alpha value is -1.32. The molecule has 1 aromatic carbocycles. The van der Waals surface area contributed by atoms with Crippen LogP contribution in [0.25, 0.3) is 0 Å². The first-order chi connectivity index (χ1) is 9.60. The van der Waals surface area contributed by atoms with E-state index in [-0.39, 0.29) is 11.9 Å². The molecule has 0 amide bonds. The number of rotatable bonds is 6. The molecule has 1 aromatic heterocycles. The Morgan fingerprint density at radius 1 is 1.30 bits per heavy atom. The van der Waals surface area contributed by atoms with Crippen LogP contribution >= 0.6 is 11.6 Å². The monoisotopic (exact) mass is 295 g/mol. The molecule has 0 saturated carbocycles. The fourth-order valence-corrected chi connectivity index (χ4v) is 2.35. The van der Waals surface area contributed by atoms with Crippen molar-refractivity contribution in [3.05, 3.63) is 58.3 Å². The van der Waals surface area contributed by atoms with Gasteiger partial charge in [0.1, 0.15) is 17.3 Å². The van der Waals surface area contributed by atoms with Crippen LogP contribution in [0.3, 0.4) is 0 Å². The van der Waals surface area contributed by atoms with Crippen LogP contribution in [0, 0.1) is 12.7 Å². The van der Waals surface area contributed by atoms with E-state index in [1.807, 2.05) is 19.1 Å². The van der Waals surface area contributed by atoms with Crippen LogP contribution < -0.4 is 5.32 Å². The standard InChI is InChI=1S/C16H19ClFNO/c1-3-8-19-15(16-7-4-11(2)20-16)10-12-9-13(17)5-6-14(12)18/h4-7,9,15,19H,3,8,10H2,1-2H3. The van der Waals surface area contributed by atoms with Crippen molar-refractivity contribution < 1.29 is 8.81 Å². The summed E-state index contributed by atoms with van der Waals surface area (Å²) in [7, 11) is 0. The van der Waals surface area contributed by atoms with Crippen LogP contribution in [0.1, 0.15) is 36.5 Å². The number of nitrogens with one attached hydrogen (secondary N) is 1. The van der Waals surface area contributed by atoms with Crippen LogP contribution in [0.4, 0.5) is 4.39 Å². The SMILES string of the molecule is CCCNC(Cc1cc(Cl)ccc1F)c1ccc(C)o1. The van der Waals surface area contributed by atoms with Gasteiger partial charge in [-0.15, -0.1) is 0 Å². The minimum absolute atomic E-state index is 0.0448. The number of aryl methyl sites for hydroxylation is 1. The highest BCUT2D eigenvalue weighted by atomic mass is 35.5. The third-order valence-electron chi connectivity index (χ3n) is 3.18. The predicted molar refractivity (Wildman–Crippen MR) is 79.6 cm³/mol. The molecule has 20 heavy (non-hydrogen) atoms. The third kappa shape index (κ3) is 3.84. The highest BCUT2D eigenvalue weighted by Gasteiger charge is 2.17. The molecule has 1 unspecified atom stereocenters. The molecule has 0 saturated heterocycles. The van der Waals surface area contributed by atoms with Gasteiger partial charge in [-0.1, -0.05) is 18.5 Å². The summed E-state index contributed by atoms with van der Waals surface area (Å²) in [6, 6.07) is 8.45. The molecule has 0 aliphatic carbocycles. The Morgan fingerprint density at radius 2 is 2.10 bits per heavy atom. The average Bonchev–Trinajstić information content (AvgIpc) is 2.85. The normalized spacial score (nSPS) is 12.6. The lowest BCUT2D eigenvalue weighted by atomic mass is 10.0. The highest BCUT2D eigenvalue weighted by Crippen LogP contribution is 2.24. The first-order valence-corrected chi connectivity index (χ1v) is 7.21. The van der Waals surface area contributed by atoms with Gasteiger partial charge >= 0.3 is 0 Å². The quantitative estimate of drug-likeness (QED) is 0.838. The summed E-state index contributed by atoms with van der Waals surface area (Å²) in [4.78, 5) is 0. The summed E-state index contributed by atoms with van der Waals surface area (Å²) in [6.45, 7) is 4.85. The summed E-state index contributed by atoms with van der Waals surface area (Å²) in [6.07, 6.45) is 1.52. The van der Waals surface area contributed by atoms with E-state index in [9.17, 15) is 4.39 Å². The Labute approximate surface area is 123 Å². The molecule has 0 aliphatic heterocycles. The molecular weight excluding hydrogens is 277 g/mol. The molecule has 0 spiro atoms. The lowest BCUT2D eigenvalue weighted by molar-refractivity contribution is 0.395. The molecule has 2 nitrogen and oxygen atoms in total. The van der Waals surface area contributed by atoms with Crippen LogP contribution in [0.5, 0.6) is 0 Å². The summed E-state index contributed by atoms with van der Waals surface area (Å²) >= 11 is 5.94. The zero-order valence-electron chi connectivity index (χ0n) is 11.7. The molecular formula is C16H19ClFNO. The number of benzene rings is 1. The second-order valence-corrected chi connectivity index (χ2v) is 5.33. The molecule has 108 valence electrons. The third-order valence-corrected chi connectivity index (χ3v) is 3.41. The van der Waals surface area contributed by atoms with Gasteiger partial charge in [-0.3, -0.25) is 0 Å². The van der Waals surface area contributed by atoms with Crippen LogP contribution in [0.2, 0.25) is 5.02 Å². The number of furan rings is 1. The highest BCUT2D eigenvalue weighted by molar-refractivity contribution is 6.30. The van der Waals surface area contributed by atoms with Crippen molar-refractivity contribution in [1.29, 1.82) is 0 Å². The minimum atomic E-state index is -0.235. The van der Waals surface area contributed by atoms with Crippen molar-refractivity contribution >= 4 is 11.6 Å². The van der Waals surface area contributed by atoms with E-state index < -0.39 is 0 Å². The molecule has 1 N–H and O–H groups in total. The Kier molecular flexibility index (Phi) is 5.21. The topological polar surface area (TPSA) is 25.2 Å². The van der Waals surface area contributed by atoms with E-state index in [1.54, 1.807) is 12.1 Å². The van der Waals surface area contributed by atoms with E-state index in [1.165, 1.54) is 6.07 Å². The summed E-state index contributed by atoms with van der Waals surface area (Å²) in [5.41, 5.74) is 0.597.